The molecule has 102 valence electrons. The summed E-state index contributed by atoms with van der Waals surface area (Å²) in [7, 11) is 0. The predicted octanol–water partition coefficient (Wildman–Crippen LogP) is 4.24. The van der Waals surface area contributed by atoms with Crippen LogP contribution < -0.4 is 0 Å². The monoisotopic (exact) mass is 241 g/mol. The highest BCUT2D eigenvalue weighted by Gasteiger charge is 2.15. The molecule has 0 unspecified atom stereocenters. The maximum atomic E-state index is 12.0. The zero-order valence-corrected chi connectivity index (χ0v) is 12.3. The first-order chi connectivity index (χ1) is 8.13. The molecule has 0 aliphatic carbocycles. The van der Waals surface area contributed by atoms with E-state index in [0.717, 1.165) is 19.5 Å². The van der Waals surface area contributed by atoms with Crippen LogP contribution in [0.4, 0.5) is 0 Å². The summed E-state index contributed by atoms with van der Waals surface area (Å²) in [5.74, 6) is 0.473. The fourth-order valence-corrected chi connectivity index (χ4v) is 1.98. The summed E-state index contributed by atoms with van der Waals surface area (Å²) in [6, 6.07) is 0. The molecule has 0 atom stereocenters. The number of carbonyl (C=O) groups excluding carboxylic acids is 1. The number of hydrogen-bond donors (Lipinski definition) is 0. The molecule has 0 N–H and O–H groups in total. The van der Waals surface area contributed by atoms with Crippen LogP contribution in [0, 0.1) is 5.92 Å². The van der Waals surface area contributed by atoms with Gasteiger partial charge in [-0.05, 0) is 12.8 Å². The summed E-state index contributed by atoms with van der Waals surface area (Å²) in [5.41, 5.74) is 0. The van der Waals surface area contributed by atoms with Crippen molar-refractivity contribution in [2.45, 2.75) is 72.6 Å². The normalized spacial score (nSPS) is 10.9. The van der Waals surface area contributed by atoms with E-state index < -0.39 is 0 Å². The number of carbonyl (C=O) groups is 1. The minimum atomic E-state index is 0.141. The number of unbranched alkanes of at least 4 members (excludes halogenated alkanes) is 5. The van der Waals surface area contributed by atoms with Gasteiger partial charge < -0.3 is 4.90 Å². The molecule has 0 aromatic carbocycles. The molecule has 0 heterocycles. The van der Waals surface area contributed by atoms with E-state index in [-0.39, 0.29) is 5.92 Å². The van der Waals surface area contributed by atoms with Gasteiger partial charge in [-0.25, -0.2) is 0 Å². The van der Waals surface area contributed by atoms with E-state index in [2.05, 4.69) is 18.7 Å². The van der Waals surface area contributed by atoms with Gasteiger partial charge >= 0.3 is 0 Å². The van der Waals surface area contributed by atoms with Gasteiger partial charge in [-0.2, -0.15) is 0 Å². The fourth-order valence-electron chi connectivity index (χ4n) is 1.98. The van der Waals surface area contributed by atoms with E-state index in [1.165, 1.54) is 38.5 Å². The highest BCUT2D eigenvalue weighted by atomic mass is 16.2. The summed E-state index contributed by atoms with van der Waals surface area (Å²) in [6.07, 6.45) is 8.58. The Morgan fingerprint density at radius 2 is 1.35 bits per heavy atom. The van der Waals surface area contributed by atoms with Crippen LogP contribution in [-0.4, -0.2) is 23.9 Å². The summed E-state index contributed by atoms with van der Waals surface area (Å²) < 4.78 is 0. The van der Waals surface area contributed by atoms with E-state index in [9.17, 15) is 4.79 Å². The Hall–Kier alpha value is -0.530. The first-order valence-corrected chi connectivity index (χ1v) is 7.42. The van der Waals surface area contributed by atoms with Gasteiger partial charge in [-0.1, -0.05) is 59.8 Å². The van der Waals surface area contributed by atoms with Crippen LogP contribution in [0.25, 0.3) is 0 Å². The van der Waals surface area contributed by atoms with Crippen LogP contribution in [0.3, 0.4) is 0 Å². The quantitative estimate of drug-likeness (QED) is 0.524. The van der Waals surface area contributed by atoms with E-state index >= 15 is 0 Å². The van der Waals surface area contributed by atoms with Gasteiger partial charge in [0.25, 0.3) is 0 Å². The first-order valence-electron chi connectivity index (χ1n) is 7.42. The van der Waals surface area contributed by atoms with Crippen molar-refractivity contribution in [1.29, 1.82) is 0 Å². The van der Waals surface area contributed by atoms with Crippen LogP contribution in [0.1, 0.15) is 72.6 Å². The molecule has 17 heavy (non-hydrogen) atoms. The summed E-state index contributed by atoms with van der Waals surface area (Å²) in [4.78, 5) is 14.1. The zero-order chi connectivity index (χ0) is 13.1. The third-order valence-electron chi connectivity index (χ3n) is 3.12. The molecule has 2 nitrogen and oxygen atoms in total. The average Bonchev–Trinajstić information content (AvgIpc) is 2.31. The molecule has 2 heteroatoms. The Balaban J connectivity index is 3.97. The summed E-state index contributed by atoms with van der Waals surface area (Å²) in [6.45, 7) is 10.3. The largest absolute Gasteiger partial charge is 0.342 e. The minimum absolute atomic E-state index is 0.141. The van der Waals surface area contributed by atoms with Crippen molar-refractivity contribution in [3.63, 3.8) is 0 Å². The van der Waals surface area contributed by atoms with Crippen molar-refractivity contribution >= 4 is 5.91 Å². The fraction of sp³-hybridized carbons (Fsp3) is 0.933. The van der Waals surface area contributed by atoms with Gasteiger partial charge in [0.1, 0.15) is 0 Å². The number of rotatable bonds is 10. The molecule has 1 amide bonds. The van der Waals surface area contributed by atoms with Gasteiger partial charge in [0, 0.05) is 19.0 Å². The van der Waals surface area contributed by atoms with Crippen LogP contribution in [-0.2, 0) is 4.79 Å². The van der Waals surface area contributed by atoms with Gasteiger partial charge in [-0.15, -0.1) is 0 Å². The van der Waals surface area contributed by atoms with E-state index in [1.54, 1.807) is 0 Å². The average molecular weight is 241 g/mol. The van der Waals surface area contributed by atoms with E-state index in [4.69, 9.17) is 0 Å². The molecule has 0 saturated heterocycles. The molecular formula is C15H31NO. The SMILES string of the molecule is CCCCCCN(CCCCC)C(=O)C(C)C. The minimum Gasteiger partial charge on any atom is -0.342 e. The zero-order valence-electron chi connectivity index (χ0n) is 12.3. The molecular weight excluding hydrogens is 210 g/mol. The lowest BCUT2D eigenvalue weighted by Gasteiger charge is -2.24. The molecule has 0 aliphatic rings. The Labute approximate surface area is 108 Å². The molecule has 0 aliphatic heterocycles. The Bertz CT molecular complexity index is 189. The smallest absolute Gasteiger partial charge is 0.225 e. The molecule has 0 saturated carbocycles. The third-order valence-corrected chi connectivity index (χ3v) is 3.12. The second-order valence-electron chi connectivity index (χ2n) is 5.25. The van der Waals surface area contributed by atoms with Crippen molar-refractivity contribution < 1.29 is 4.79 Å². The highest BCUT2D eigenvalue weighted by Crippen LogP contribution is 2.08. The van der Waals surface area contributed by atoms with Gasteiger partial charge in [-0.3, -0.25) is 4.79 Å². The first kappa shape index (κ1) is 16.5. The second kappa shape index (κ2) is 10.6. The summed E-state index contributed by atoms with van der Waals surface area (Å²) in [5, 5.41) is 0. The number of hydrogen-bond acceptors (Lipinski definition) is 1. The maximum Gasteiger partial charge on any atom is 0.225 e. The van der Waals surface area contributed by atoms with Crippen molar-refractivity contribution in [1.82, 2.24) is 4.90 Å². The molecule has 0 radical (unpaired) electrons. The second-order valence-corrected chi connectivity index (χ2v) is 5.25. The van der Waals surface area contributed by atoms with Gasteiger partial charge in [0.15, 0.2) is 0 Å². The molecule has 0 bridgehead atoms. The third kappa shape index (κ3) is 8.23. The Morgan fingerprint density at radius 1 is 0.882 bits per heavy atom. The van der Waals surface area contributed by atoms with Crippen LogP contribution >= 0.6 is 0 Å². The molecule has 0 fully saturated rings. The van der Waals surface area contributed by atoms with Crippen molar-refractivity contribution in [2.24, 2.45) is 5.92 Å². The number of nitrogens with zero attached hydrogens (tertiary/aromatic N) is 1. The van der Waals surface area contributed by atoms with Crippen LogP contribution in [0.5, 0.6) is 0 Å². The topological polar surface area (TPSA) is 20.3 Å². The van der Waals surface area contributed by atoms with Crippen LogP contribution in [0.2, 0.25) is 0 Å². The van der Waals surface area contributed by atoms with Gasteiger partial charge in [0.05, 0.1) is 0 Å². The molecule has 0 spiro atoms. The molecule has 0 rings (SSSR count). The maximum absolute atomic E-state index is 12.0. The summed E-state index contributed by atoms with van der Waals surface area (Å²) >= 11 is 0. The highest BCUT2D eigenvalue weighted by molar-refractivity contribution is 5.78. The molecule has 0 aromatic rings. The van der Waals surface area contributed by atoms with Crippen LogP contribution in [0.15, 0.2) is 0 Å². The van der Waals surface area contributed by atoms with E-state index in [1.807, 2.05) is 13.8 Å². The Morgan fingerprint density at radius 3 is 1.82 bits per heavy atom. The standard InChI is InChI=1S/C15H31NO/c1-5-7-9-11-13-16(12-10-8-6-2)15(17)14(3)4/h14H,5-13H2,1-4H3. The lowest BCUT2D eigenvalue weighted by molar-refractivity contribution is -0.134. The Kier molecular flexibility index (Phi) is 10.3. The van der Waals surface area contributed by atoms with Crippen molar-refractivity contribution in [3.8, 4) is 0 Å². The lowest BCUT2D eigenvalue weighted by Crippen LogP contribution is -2.35. The predicted molar refractivity (Wildman–Crippen MR) is 75.1 cm³/mol. The van der Waals surface area contributed by atoms with E-state index in [0.29, 0.717) is 5.91 Å². The number of amides is 1. The van der Waals surface area contributed by atoms with Crippen molar-refractivity contribution in [2.75, 3.05) is 13.1 Å². The molecule has 0 aromatic heterocycles. The van der Waals surface area contributed by atoms with Gasteiger partial charge in [0.2, 0.25) is 5.91 Å². The van der Waals surface area contributed by atoms with Crippen molar-refractivity contribution in [3.05, 3.63) is 0 Å². The lowest BCUT2D eigenvalue weighted by atomic mass is 10.1.